The minimum atomic E-state index is -0.169. The van der Waals surface area contributed by atoms with Gasteiger partial charge in [0.05, 0.1) is 12.2 Å². The summed E-state index contributed by atoms with van der Waals surface area (Å²) in [5.74, 6) is 0. The lowest BCUT2D eigenvalue weighted by Gasteiger charge is -2.11. The molecular weight excluding hydrogens is 176 g/mol. The molecule has 2 atom stereocenters. The van der Waals surface area contributed by atoms with Crippen molar-refractivity contribution in [3.8, 4) is 0 Å². The molecule has 0 aromatic rings. The van der Waals surface area contributed by atoms with Crippen molar-refractivity contribution >= 4 is 0 Å². The molecular formula is C12H26O2. The Morgan fingerprint density at radius 1 is 0.786 bits per heavy atom. The van der Waals surface area contributed by atoms with Crippen LogP contribution < -0.4 is 0 Å². The average molecular weight is 202 g/mol. The van der Waals surface area contributed by atoms with E-state index in [2.05, 4.69) is 6.92 Å². The van der Waals surface area contributed by atoms with E-state index in [0.717, 1.165) is 38.5 Å². The maximum atomic E-state index is 9.58. The molecule has 0 aliphatic rings. The van der Waals surface area contributed by atoms with Crippen molar-refractivity contribution in [3.05, 3.63) is 0 Å². The average Bonchev–Trinajstić information content (AvgIpc) is 2.18. The number of unbranched alkanes of at least 4 members (excludes halogenated alkanes) is 2. The quantitative estimate of drug-likeness (QED) is 0.564. The second kappa shape index (κ2) is 9.47. The van der Waals surface area contributed by atoms with E-state index < -0.39 is 0 Å². The van der Waals surface area contributed by atoms with Gasteiger partial charge in [0, 0.05) is 0 Å². The van der Waals surface area contributed by atoms with E-state index in [4.69, 9.17) is 0 Å². The first-order valence-corrected chi connectivity index (χ1v) is 6.06. The maximum absolute atomic E-state index is 9.58. The topological polar surface area (TPSA) is 40.5 Å². The normalized spacial score (nSPS) is 15.4. The summed E-state index contributed by atoms with van der Waals surface area (Å²) in [6.07, 6.45) is 7.62. The third-order valence-electron chi connectivity index (χ3n) is 2.69. The van der Waals surface area contributed by atoms with Crippen LogP contribution in [-0.2, 0) is 0 Å². The number of hydrogen-bond donors (Lipinski definition) is 2. The summed E-state index contributed by atoms with van der Waals surface area (Å²) in [6.45, 7) is 4.16. The molecule has 2 nitrogen and oxygen atoms in total. The maximum Gasteiger partial charge on any atom is 0.0540 e. The highest BCUT2D eigenvalue weighted by Gasteiger charge is 2.05. The fourth-order valence-electron chi connectivity index (χ4n) is 1.57. The molecule has 14 heavy (non-hydrogen) atoms. The van der Waals surface area contributed by atoms with E-state index >= 15 is 0 Å². The highest BCUT2D eigenvalue weighted by atomic mass is 16.3. The van der Waals surface area contributed by atoms with Gasteiger partial charge in [-0.3, -0.25) is 0 Å². The fraction of sp³-hybridized carbons (Fsp3) is 1.00. The molecule has 0 saturated heterocycles. The number of hydrogen-bond acceptors (Lipinski definition) is 2. The van der Waals surface area contributed by atoms with Crippen LogP contribution in [0.4, 0.5) is 0 Å². The minimum absolute atomic E-state index is 0.148. The van der Waals surface area contributed by atoms with Gasteiger partial charge in [0.1, 0.15) is 0 Å². The van der Waals surface area contributed by atoms with Crippen LogP contribution in [0.15, 0.2) is 0 Å². The van der Waals surface area contributed by atoms with Crippen LogP contribution in [0.2, 0.25) is 0 Å². The Bertz CT molecular complexity index is 115. The van der Waals surface area contributed by atoms with Crippen LogP contribution >= 0.6 is 0 Å². The molecule has 2 heteroatoms. The lowest BCUT2D eigenvalue weighted by Crippen LogP contribution is -2.09. The SMILES string of the molecule is CCCCCC(O)CCCC(O)CC. The Kier molecular flexibility index (Phi) is 9.42. The van der Waals surface area contributed by atoms with E-state index in [9.17, 15) is 10.2 Å². The third-order valence-corrected chi connectivity index (χ3v) is 2.69. The van der Waals surface area contributed by atoms with E-state index in [1.807, 2.05) is 6.92 Å². The molecule has 0 fully saturated rings. The van der Waals surface area contributed by atoms with Crippen molar-refractivity contribution < 1.29 is 10.2 Å². The van der Waals surface area contributed by atoms with Crippen LogP contribution in [-0.4, -0.2) is 22.4 Å². The molecule has 0 spiro atoms. The van der Waals surface area contributed by atoms with Crippen LogP contribution in [0.25, 0.3) is 0 Å². The predicted octanol–water partition coefficient (Wildman–Crippen LogP) is 2.87. The number of aliphatic hydroxyl groups excluding tert-OH is 2. The van der Waals surface area contributed by atoms with Gasteiger partial charge in [-0.25, -0.2) is 0 Å². The van der Waals surface area contributed by atoms with Crippen molar-refractivity contribution in [1.82, 2.24) is 0 Å². The Labute approximate surface area is 88.3 Å². The smallest absolute Gasteiger partial charge is 0.0540 e. The molecule has 86 valence electrons. The first-order chi connectivity index (χ1) is 6.70. The minimum Gasteiger partial charge on any atom is -0.393 e. The summed E-state index contributed by atoms with van der Waals surface area (Å²) in [5.41, 5.74) is 0. The van der Waals surface area contributed by atoms with Gasteiger partial charge < -0.3 is 10.2 Å². The second-order valence-electron chi connectivity index (χ2n) is 4.14. The van der Waals surface area contributed by atoms with E-state index in [1.165, 1.54) is 12.8 Å². The van der Waals surface area contributed by atoms with Gasteiger partial charge in [-0.2, -0.15) is 0 Å². The van der Waals surface area contributed by atoms with Crippen LogP contribution in [0.5, 0.6) is 0 Å². The van der Waals surface area contributed by atoms with Crippen molar-refractivity contribution in [2.45, 2.75) is 77.4 Å². The zero-order valence-corrected chi connectivity index (χ0v) is 9.71. The molecule has 0 heterocycles. The highest BCUT2D eigenvalue weighted by molar-refractivity contribution is 4.59. The monoisotopic (exact) mass is 202 g/mol. The summed E-state index contributed by atoms with van der Waals surface area (Å²) < 4.78 is 0. The molecule has 2 N–H and O–H groups in total. The van der Waals surface area contributed by atoms with Gasteiger partial charge in [-0.05, 0) is 32.1 Å². The third kappa shape index (κ3) is 8.52. The first kappa shape index (κ1) is 13.9. The van der Waals surface area contributed by atoms with E-state index in [1.54, 1.807) is 0 Å². The van der Waals surface area contributed by atoms with Crippen LogP contribution in [0.1, 0.15) is 65.2 Å². The van der Waals surface area contributed by atoms with Crippen molar-refractivity contribution in [2.24, 2.45) is 0 Å². The van der Waals surface area contributed by atoms with Gasteiger partial charge >= 0.3 is 0 Å². The van der Waals surface area contributed by atoms with Gasteiger partial charge in [-0.1, -0.05) is 33.1 Å². The molecule has 0 aliphatic carbocycles. The molecule has 0 saturated carbocycles. The summed E-state index contributed by atoms with van der Waals surface area (Å²) in [6, 6.07) is 0. The standard InChI is InChI=1S/C12H26O2/c1-3-5-6-8-12(14)10-7-9-11(13)4-2/h11-14H,3-10H2,1-2H3. The van der Waals surface area contributed by atoms with Crippen molar-refractivity contribution in [1.29, 1.82) is 0 Å². The lowest BCUT2D eigenvalue weighted by atomic mass is 10.0. The second-order valence-corrected chi connectivity index (χ2v) is 4.14. The van der Waals surface area contributed by atoms with E-state index in [0.29, 0.717) is 0 Å². The van der Waals surface area contributed by atoms with Gasteiger partial charge in [0.15, 0.2) is 0 Å². The predicted molar refractivity (Wildman–Crippen MR) is 60.3 cm³/mol. The molecule has 0 bridgehead atoms. The lowest BCUT2D eigenvalue weighted by molar-refractivity contribution is 0.125. The molecule has 0 aromatic carbocycles. The summed E-state index contributed by atoms with van der Waals surface area (Å²) in [5, 5.41) is 18.9. The number of aliphatic hydroxyl groups is 2. The Hall–Kier alpha value is -0.0800. The Morgan fingerprint density at radius 3 is 1.93 bits per heavy atom. The molecule has 0 aromatic heterocycles. The summed E-state index contributed by atoms with van der Waals surface area (Å²) in [4.78, 5) is 0. The molecule has 0 radical (unpaired) electrons. The van der Waals surface area contributed by atoms with Gasteiger partial charge in [0.2, 0.25) is 0 Å². The summed E-state index contributed by atoms with van der Waals surface area (Å²) in [7, 11) is 0. The molecule has 2 unspecified atom stereocenters. The Morgan fingerprint density at radius 2 is 1.36 bits per heavy atom. The fourth-order valence-corrected chi connectivity index (χ4v) is 1.57. The number of rotatable bonds is 9. The van der Waals surface area contributed by atoms with Crippen molar-refractivity contribution in [2.75, 3.05) is 0 Å². The van der Waals surface area contributed by atoms with Crippen LogP contribution in [0.3, 0.4) is 0 Å². The summed E-state index contributed by atoms with van der Waals surface area (Å²) >= 11 is 0. The zero-order chi connectivity index (χ0) is 10.8. The molecule has 0 amide bonds. The molecule has 0 aliphatic heterocycles. The van der Waals surface area contributed by atoms with Crippen LogP contribution in [0, 0.1) is 0 Å². The zero-order valence-electron chi connectivity index (χ0n) is 9.71. The van der Waals surface area contributed by atoms with Gasteiger partial charge in [0.25, 0.3) is 0 Å². The highest BCUT2D eigenvalue weighted by Crippen LogP contribution is 2.11. The van der Waals surface area contributed by atoms with E-state index in [-0.39, 0.29) is 12.2 Å². The van der Waals surface area contributed by atoms with Gasteiger partial charge in [-0.15, -0.1) is 0 Å². The Balaban J connectivity index is 3.21. The molecule has 0 rings (SSSR count). The van der Waals surface area contributed by atoms with Crippen molar-refractivity contribution in [3.63, 3.8) is 0 Å². The largest absolute Gasteiger partial charge is 0.393 e. The first-order valence-electron chi connectivity index (χ1n) is 6.06.